The maximum Gasteiger partial charge on any atom is 0.340 e. The van der Waals surface area contributed by atoms with Gasteiger partial charge in [-0.2, -0.15) is 0 Å². The normalized spacial score (nSPS) is 10.2. The van der Waals surface area contributed by atoms with Crippen LogP contribution in [0.5, 0.6) is 11.5 Å². The van der Waals surface area contributed by atoms with Crippen molar-refractivity contribution in [3.05, 3.63) is 52.0 Å². The molecule has 7 heteroatoms. The van der Waals surface area contributed by atoms with Crippen LogP contribution in [0.3, 0.4) is 0 Å². The summed E-state index contributed by atoms with van der Waals surface area (Å²) in [5.41, 5.74) is 3.33. The summed E-state index contributed by atoms with van der Waals surface area (Å²) in [7, 11) is 2.74. The molecule has 22 heavy (non-hydrogen) atoms. The molecule has 5 nitrogen and oxygen atoms in total. The standard InChI is InChI=1S/C15H13Cl2NO4/c1-20-15(19)11-8-10(4-5-13(11)18-21-2)22-14-6-3-9(16)7-12(14)17/h3-8,18H,1-2H3. The Bertz CT molecular complexity index is 691. The number of esters is 1. The van der Waals surface area contributed by atoms with Crippen LogP contribution in [-0.2, 0) is 9.57 Å². The van der Waals surface area contributed by atoms with Crippen molar-refractivity contribution >= 4 is 34.9 Å². The maximum atomic E-state index is 11.8. The number of hydrogen-bond acceptors (Lipinski definition) is 5. The van der Waals surface area contributed by atoms with Crippen molar-refractivity contribution < 1.29 is 19.1 Å². The first-order valence-corrected chi connectivity index (χ1v) is 6.95. The Labute approximate surface area is 137 Å². The van der Waals surface area contributed by atoms with Gasteiger partial charge in [0.05, 0.1) is 30.5 Å². The van der Waals surface area contributed by atoms with Gasteiger partial charge in [-0.05, 0) is 36.4 Å². The van der Waals surface area contributed by atoms with Crippen molar-refractivity contribution in [1.82, 2.24) is 0 Å². The molecule has 2 rings (SSSR count). The van der Waals surface area contributed by atoms with Gasteiger partial charge in [0.1, 0.15) is 11.5 Å². The number of nitrogens with one attached hydrogen (secondary N) is 1. The topological polar surface area (TPSA) is 56.8 Å². The summed E-state index contributed by atoms with van der Waals surface area (Å²) in [6.45, 7) is 0. The second kappa shape index (κ2) is 7.35. The molecule has 0 bridgehead atoms. The van der Waals surface area contributed by atoms with E-state index in [1.807, 2.05) is 0 Å². The lowest BCUT2D eigenvalue weighted by molar-refractivity contribution is 0.0600. The van der Waals surface area contributed by atoms with Gasteiger partial charge in [-0.15, -0.1) is 0 Å². The molecule has 0 saturated heterocycles. The van der Waals surface area contributed by atoms with Crippen molar-refractivity contribution in [1.29, 1.82) is 0 Å². The molecule has 1 N–H and O–H groups in total. The molecule has 2 aromatic carbocycles. The average Bonchev–Trinajstić information content (AvgIpc) is 2.51. The zero-order valence-corrected chi connectivity index (χ0v) is 13.4. The van der Waals surface area contributed by atoms with E-state index in [2.05, 4.69) is 5.48 Å². The Morgan fingerprint density at radius 3 is 2.50 bits per heavy atom. The number of methoxy groups -OCH3 is 1. The average molecular weight is 342 g/mol. The van der Waals surface area contributed by atoms with E-state index in [1.165, 1.54) is 20.3 Å². The molecular formula is C15H13Cl2NO4. The molecule has 0 aliphatic rings. The third kappa shape index (κ3) is 3.82. The molecule has 2 aromatic rings. The van der Waals surface area contributed by atoms with E-state index < -0.39 is 5.97 Å². The third-order valence-corrected chi connectivity index (χ3v) is 3.26. The first-order valence-electron chi connectivity index (χ1n) is 6.19. The highest BCUT2D eigenvalue weighted by atomic mass is 35.5. The minimum absolute atomic E-state index is 0.270. The fraction of sp³-hybridized carbons (Fsp3) is 0.133. The molecule has 0 unspecified atom stereocenters. The van der Waals surface area contributed by atoms with Crippen LogP contribution < -0.4 is 10.2 Å². The quantitative estimate of drug-likeness (QED) is 0.638. The summed E-state index contributed by atoms with van der Waals surface area (Å²) in [6.07, 6.45) is 0. The van der Waals surface area contributed by atoms with Gasteiger partial charge in [0, 0.05) is 5.02 Å². The van der Waals surface area contributed by atoms with Gasteiger partial charge >= 0.3 is 5.97 Å². The summed E-state index contributed by atoms with van der Waals surface area (Å²) < 4.78 is 10.4. The lowest BCUT2D eigenvalue weighted by Crippen LogP contribution is -2.07. The van der Waals surface area contributed by atoms with Gasteiger partial charge < -0.3 is 9.47 Å². The van der Waals surface area contributed by atoms with Crippen molar-refractivity contribution in [2.24, 2.45) is 0 Å². The number of benzene rings is 2. The molecule has 0 aliphatic heterocycles. The number of carbonyl (C=O) groups is 1. The third-order valence-electron chi connectivity index (χ3n) is 2.73. The molecule has 0 aliphatic carbocycles. The molecule has 0 atom stereocenters. The fourth-order valence-electron chi connectivity index (χ4n) is 1.75. The fourth-order valence-corrected chi connectivity index (χ4v) is 2.20. The van der Waals surface area contributed by atoms with E-state index in [1.54, 1.807) is 30.3 Å². The van der Waals surface area contributed by atoms with Crippen LogP contribution in [0.4, 0.5) is 5.69 Å². The molecule has 0 saturated carbocycles. The Morgan fingerprint density at radius 1 is 1.09 bits per heavy atom. The number of hydrogen-bond donors (Lipinski definition) is 1. The van der Waals surface area contributed by atoms with Gasteiger partial charge in [-0.3, -0.25) is 10.3 Å². The lowest BCUT2D eigenvalue weighted by Gasteiger charge is -2.12. The second-order valence-electron chi connectivity index (χ2n) is 4.18. The first-order chi connectivity index (χ1) is 10.5. The number of carbonyl (C=O) groups excluding carboxylic acids is 1. The second-order valence-corrected chi connectivity index (χ2v) is 5.03. The van der Waals surface area contributed by atoms with E-state index in [4.69, 9.17) is 37.5 Å². The van der Waals surface area contributed by atoms with Gasteiger partial charge in [0.2, 0.25) is 0 Å². The molecule has 116 valence electrons. The Kier molecular flexibility index (Phi) is 5.49. The highest BCUT2D eigenvalue weighted by Gasteiger charge is 2.14. The number of ether oxygens (including phenoxy) is 2. The van der Waals surface area contributed by atoms with E-state index >= 15 is 0 Å². The Morgan fingerprint density at radius 2 is 1.86 bits per heavy atom. The van der Waals surface area contributed by atoms with E-state index in [-0.39, 0.29) is 5.56 Å². The minimum Gasteiger partial charge on any atom is -0.465 e. The molecule has 0 radical (unpaired) electrons. The smallest absolute Gasteiger partial charge is 0.340 e. The Hall–Kier alpha value is -1.95. The van der Waals surface area contributed by atoms with Crippen molar-refractivity contribution in [2.75, 3.05) is 19.7 Å². The summed E-state index contributed by atoms with van der Waals surface area (Å²) in [4.78, 5) is 16.6. The predicted molar refractivity (Wildman–Crippen MR) is 84.9 cm³/mol. The number of halogens is 2. The van der Waals surface area contributed by atoms with Crippen LogP contribution in [0.2, 0.25) is 10.0 Å². The SMILES string of the molecule is CONc1ccc(Oc2ccc(Cl)cc2Cl)cc1C(=O)OC. The minimum atomic E-state index is -0.521. The molecular weight excluding hydrogens is 329 g/mol. The monoisotopic (exact) mass is 341 g/mol. The zero-order valence-electron chi connectivity index (χ0n) is 11.9. The van der Waals surface area contributed by atoms with Crippen LogP contribution in [0, 0.1) is 0 Å². The summed E-state index contributed by atoms with van der Waals surface area (Å²) >= 11 is 11.9. The molecule has 0 fully saturated rings. The Balaban J connectivity index is 2.33. The first kappa shape index (κ1) is 16.4. The van der Waals surface area contributed by atoms with Gasteiger partial charge in [-0.1, -0.05) is 23.2 Å². The summed E-state index contributed by atoms with van der Waals surface area (Å²) in [5, 5.41) is 0.874. The van der Waals surface area contributed by atoms with Gasteiger partial charge in [0.15, 0.2) is 0 Å². The highest BCUT2D eigenvalue weighted by Crippen LogP contribution is 2.33. The summed E-state index contributed by atoms with van der Waals surface area (Å²) in [5.74, 6) is 0.327. The van der Waals surface area contributed by atoms with Crippen LogP contribution in [0.25, 0.3) is 0 Å². The van der Waals surface area contributed by atoms with E-state index in [0.717, 1.165) is 0 Å². The molecule has 0 amide bonds. The lowest BCUT2D eigenvalue weighted by atomic mass is 10.1. The number of rotatable bonds is 5. The van der Waals surface area contributed by atoms with Crippen molar-refractivity contribution in [3.63, 3.8) is 0 Å². The largest absolute Gasteiger partial charge is 0.465 e. The van der Waals surface area contributed by atoms with E-state index in [0.29, 0.717) is 27.2 Å². The molecule has 0 spiro atoms. The highest BCUT2D eigenvalue weighted by molar-refractivity contribution is 6.35. The van der Waals surface area contributed by atoms with E-state index in [9.17, 15) is 4.79 Å². The van der Waals surface area contributed by atoms with Crippen LogP contribution >= 0.6 is 23.2 Å². The summed E-state index contributed by atoms with van der Waals surface area (Å²) in [6, 6.07) is 9.70. The number of anilines is 1. The van der Waals surface area contributed by atoms with Crippen molar-refractivity contribution in [2.45, 2.75) is 0 Å². The van der Waals surface area contributed by atoms with Crippen LogP contribution in [0.15, 0.2) is 36.4 Å². The van der Waals surface area contributed by atoms with Crippen molar-refractivity contribution in [3.8, 4) is 11.5 Å². The maximum absolute atomic E-state index is 11.8. The molecule has 0 aromatic heterocycles. The van der Waals surface area contributed by atoms with Gasteiger partial charge in [0.25, 0.3) is 0 Å². The van der Waals surface area contributed by atoms with Crippen LogP contribution in [0.1, 0.15) is 10.4 Å². The van der Waals surface area contributed by atoms with Gasteiger partial charge in [-0.25, -0.2) is 4.79 Å². The molecule has 0 heterocycles. The van der Waals surface area contributed by atoms with Crippen LogP contribution in [-0.4, -0.2) is 20.2 Å². The zero-order chi connectivity index (χ0) is 16.1. The predicted octanol–water partition coefficient (Wildman–Crippen LogP) is 4.55.